The molecule has 0 bridgehead atoms. The van der Waals surface area contributed by atoms with Crippen LogP contribution in [0.5, 0.6) is 0 Å². The number of amides is 1. The minimum Gasteiger partial charge on any atom is -0.475 e. The first kappa shape index (κ1) is 17.8. The van der Waals surface area contributed by atoms with Crippen molar-refractivity contribution in [2.75, 3.05) is 26.2 Å². The van der Waals surface area contributed by atoms with Gasteiger partial charge in [-0.1, -0.05) is 0 Å². The van der Waals surface area contributed by atoms with Crippen molar-refractivity contribution in [3.05, 3.63) is 22.6 Å². The van der Waals surface area contributed by atoms with Crippen LogP contribution in [0.3, 0.4) is 0 Å². The monoisotopic (exact) mass is 398 g/mol. The number of furan rings is 1. The number of hydrogen-bond acceptors (Lipinski definition) is 4. The number of carbonyl (C=O) groups excluding carboxylic acids is 1. The van der Waals surface area contributed by atoms with Gasteiger partial charge in [-0.15, -0.1) is 0 Å². The minimum absolute atomic E-state index is 0.0140. The van der Waals surface area contributed by atoms with Crippen LogP contribution in [-0.2, 0) is 4.79 Å². The van der Waals surface area contributed by atoms with E-state index in [1.54, 1.807) is 12.3 Å². The van der Waals surface area contributed by atoms with Crippen molar-refractivity contribution in [2.24, 2.45) is 11.8 Å². The number of carboxylic acid groups (broad SMARTS) is 1. The summed E-state index contributed by atoms with van der Waals surface area (Å²) in [7, 11) is 0. The highest BCUT2D eigenvalue weighted by Gasteiger charge is 2.39. The highest BCUT2D eigenvalue weighted by atomic mass is 79.9. The largest absolute Gasteiger partial charge is 0.490 e. The van der Waals surface area contributed by atoms with Gasteiger partial charge in [0.15, 0.2) is 5.76 Å². The Labute approximate surface area is 137 Å². The Morgan fingerprint density at radius 3 is 2.22 bits per heavy atom. The van der Waals surface area contributed by atoms with Gasteiger partial charge in [0.25, 0.3) is 5.91 Å². The molecule has 2 atom stereocenters. The van der Waals surface area contributed by atoms with Crippen molar-refractivity contribution in [3.8, 4) is 0 Å². The molecule has 2 aliphatic rings. The van der Waals surface area contributed by atoms with Gasteiger partial charge in [-0.05, 0) is 27.8 Å². The molecule has 0 radical (unpaired) electrons. The van der Waals surface area contributed by atoms with Crippen molar-refractivity contribution < 1.29 is 32.3 Å². The quantitative estimate of drug-likeness (QED) is 0.755. The number of carbonyl (C=O) groups is 2. The molecular formula is C13H14BrF3N2O4. The van der Waals surface area contributed by atoms with Crippen molar-refractivity contribution in [1.29, 1.82) is 0 Å². The number of hydrogen-bond donors (Lipinski definition) is 2. The zero-order chi connectivity index (χ0) is 17.2. The average Bonchev–Trinajstić information content (AvgIpc) is 3.11. The second kappa shape index (κ2) is 6.91. The van der Waals surface area contributed by atoms with Crippen molar-refractivity contribution in [2.45, 2.75) is 6.18 Å². The van der Waals surface area contributed by atoms with Crippen LogP contribution in [0.4, 0.5) is 13.2 Å². The summed E-state index contributed by atoms with van der Waals surface area (Å²) in [6, 6.07) is 1.73. The lowest BCUT2D eigenvalue weighted by molar-refractivity contribution is -0.192. The van der Waals surface area contributed by atoms with E-state index in [9.17, 15) is 18.0 Å². The fourth-order valence-corrected chi connectivity index (χ4v) is 2.90. The predicted molar refractivity (Wildman–Crippen MR) is 75.9 cm³/mol. The lowest BCUT2D eigenvalue weighted by Gasteiger charge is -2.15. The summed E-state index contributed by atoms with van der Waals surface area (Å²) >= 11 is 3.28. The van der Waals surface area contributed by atoms with E-state index in [4.69, 9.17) is 14.3 Å². The number of nitrogens with one attached hydrogen (secondary N) is 1. The Morgan fingerprint density at radius 2 is 1.83 bits per heavy atom. The van der Waals surface area contributed by atoms with Gasteiger partial charge in [0.2, 0.25) is 0 Å². The smallest absolute Gasteiger partial charge is 0.475 e. The lowest BCUT2D eigenvalue weighted by atomic mass is 10.0. The van der Waals surface area contributed by atoms with Crippen LogP contribution in [0, 0.1) is 11.8 Å². The molecule has 1 aromatic heterocycles. The predicted octanol–water partition coefficient (Wildman–Crippen LogP) is 1.97. The second-order valence-corrected chi connectivity index (χ2v) is 6.24. The van der Waals surface area contributed by atoms with Crippen molar-refractivity contribution in [3.63, 3.8) is 0 Å². The zero-order valence-corrected chi connectivity index (χ0v) is 13.4. The fourth-order valence-electron chi connectivity index (χ4n) is 2.60. The third-order valence-corrected chi connectivity index (χ3v) is 4.11. The standard InChI is InChI=1S/C11H13BrN2O2.C2HF3O2/c12-9-1-10(16-6-9)11(15)14-4-7-2-13-3-8(7)5-14;3-2(4,5)1(6)7/h1,6-8,13H,2-5H2;(H,6,7). The molecule has 3 heterocycles. The Hall–Kier alpha value is -1.55. The Balaban J connectivity index is 0.000000236. The highest BCUT2D eigenvalue weighted by Crippen LogP contribution is 2.28. The van der Waals surface area contributed by atoms with Crippen LogP contribution in [0.15, 0.2) is 21.2 Å². The molecular weight excluding hydrogens is 385 g/mol. The van der Waals surface area contributed by atoms with Gasteiger partial charge in [0, 0.05) is 32.2 Å². The van der Waals surface area contributed by atoms with E-state index in [2.05, 4.69) is 21.2 Å². The molecule has 0 saturated carbocycles. The van der Waals surface area contributed by atoms with Gasteiger partial charge < -0.3 is 19.7 Å². The number of likely N-dealkylation sites (tertiary alicyclic amines) is 1. The molecule has 0 aromatic carbocycles. The minimum atomic E-state index is -5.08. The van der Waals surface area contributed by atoms with E-state index in [0.29, 0.717) is 17.6 Å². The van der Waals surface area contributed by atoms with E-state index < -0.39 is 12.1 Å². The summed E-state index contributed by atoms with van der Waals surface area (Å²) in [5.41, 5.74) is 0. The van der Waals surface area contributed by atoms with Gasteiger partial charge in [-0.2, -0.15) is 13.2 Å². The molecule has 2 saturated heterocycles. The van der Waals surface area contributed by atoms with Crippen molar-refractivity contribution >= 4 is 27.8 Å². The van der Waals surface area contributed by atoms with Crippen LogP contribution in [-0.4, -0.2) is 54.2 Å². The molecule has 0 aliphatic carbocycles. The number of fused-ring (bicyclic) bond motifs is 1. The summed E-state index contributed by atoms with van der Waals surface area (Å²) in [6.45, 7) is 3.79. The van der Waals surface area contributed by atoms with Crippen LogP contribution in [0.2, 0.25) is 0 Å². The molecule has 6 nitrogen and oxygen atoms in total. The molecule has 2 N–H and O–H groups in total. The number of aliphatic carboxylic acids is 1. The third-order valence-electron chi connectivity index (χ3n) is 3.70. The maximum Gasteiger partial charge on any atom is 0.490 e. The molecule has 1 amide bonds. The molecule has 0 spiro atoms. The average molecular weight is 399 g/mol. The molecule has 23 heavy (non-hydrogen) atoms. The first-order valence-electron chi connectivity index (χ1n) is 6.72. The van der Waals surface area contributed by atoms with Gasteiger partial charge in [-0.25, -0.2) is 4.79 Å². The van der Waals surface area contributed by atoms with Crippen molar-refractivity contribution in [1.82, 2.24) is 10.2 Å². The summed E-state index contributed by atoms with van der Waals surface area (Å²) < 4.78 is 37.8. The normalized spacial score (nSPS) is 23.2. The fraction of sp³-hybridized carbons (Fsp3) is 0.538. The summed E-state index contributed by atoms with van der Waals surface area (Å²) in [6.07, 6.45) is -3.54. The highest BCUT2D eigenvalue weighted by molar-refractivity contribution is 9.10. The SMILES string of the molecule is O=C(O)C(F)(F)F.O=C(c1cc(Br)co1)N1CC2CNCC2C1. The van der Waals surface area contributed by atoms with Gasteiger partial charge >= 0.3 is 12.1 Å². The van der Waals surface area contributed by atoms with Crippen LogP contribution < -0.4 is 5.32 Å². The molecule has 1 aromatic rings. The van der Waals surface area contributed by atoms with Gasteiger partial charge in [0.1, 0.15) is 6.26 Å². The molecule has 10 heteroatoms. The van der Waals surface area contributed by atoms with Gasteiger partial charge in [-0.3, -0.25) is 4.79 Å². The molecule has 3 rings (SSSR count). The van der Waals surface area contributed by atoms with Crippen LogP contribution >= 0.6 is 15.9 Å². The molecule has 2 aliphatic heterocycles. The number of halogens is 4. The zero-order valence-electron chi connectivity index (χ0n) is 11.8. The Morgan fingerprint density at radius 1 is 1.30 bits per heavy atom. The summed E-state index contributed by atoms with van der Waals surface area (Å²) in [5, 5.41) is 10.5. The van der Waals surface area contributed by atoms with Gasteiger partial charge in [0.05, 0.1) is 4.47 Å². The Bertz CT molecular complexity index is 578. The van der Waals surface area contributed by atoms with Crippen LogP contribution in [0.25, 0.3) is 0 Å². The number of rotatable bonds is 1. The van der Waals surface area contributed by atoms with E-state index in [1.165, 1.54) is 0 Å². The number of nitrogens with zero attached hydrogens (tertiary/aromatic N) is 1. The van der Waals surface area contributed by atoms with E-state index >= 15 is 0 Å². The van der Waals surface area contributed by atoms with E-state index in [-0.39, 0.29) is 5.91 Å². The molecule has 128 valence electrons. The number of carboxylic acids is 1. The van der Waals surface area contributed by atoms with Crippen LogP contribution in [0.1, 0.15) is 10.6 Å². The molecule has 2 unspecified atom stereocenters. The second-order valence-electron chi connectivity index (χ2n) is 5.32. The Kier molecular flexibility index (Phi) is 5.35. The maximum atomic E-state index is 12.1. The van der Waals surface area contributed by atoms with E-state index in [0.717, 1.165) is 30.7 Å². The third kappa shape index (κ3) is 4.47. The summed E-state index contributed by atoms with van der Waals surface area (Å²) in [4.78, 5) is 22.9. The first-order chi connectivity index (χ1) is 10.7. The number of alkyl halides is 3. The summed E-state index contributed by atoms with van der Waals surface area (Å²) in [5.74, 6) is -1.06. The molecule has 2 fully saturated rings. The first-order valence-corrected chi connectivity index (χ1v) is 7.52. The van der Waals surface area contributed by atoms with E-state index in [1.807, 2.05) is 4.90 Å². The topological polar surface area (TPSA) is 82.8 Å². The lowest BCUT2D eigenvalue weighted by Crippen LogP contribution is -2.31. The maximum absolute atomic E-state index is 12.1.